The maximum atomic E-state index is 12.6. The van der Waals surface area contributed by atoms with Crippen molar-refractivity contribution in [2.45, 2.75) is 32.7 Å². The number of urea groups is 1. The van der Waals surface area contributed by atoms with Crippen LogP contribution in [-0.4, -0.2) is 39.0 Å². The number of carbonyl (C=O) groups excluding carboxylic acids is 1. The van der Waals surface area contributed by atoms with E-state index in [4.69, 9.17) is 0 Å². The molecule has 0 bridgehead atoms. The summed E-state index contributed by atoms with van der Waals surface area (Å²) in [4.78, 5) is 14.4. The van der Waals surface area contributed by atoms with E-state index in [-0.39, 0.29) is 12.1 Å². The van der Waals surface area contributed by atoms with Crippen LogP contribution in [0.5, 0.6) is 0 Å². The fourth-order valence-corrected chi connectivity index (χ4v) is 3.55. The summed E-state index contributed by atoms with van der Waals surface area (Å²) in [7, 11) is 0. The fourth-order valence-electron chi connectivity index (χ4n) is 3.55. The molecule has 144 valence electrons. The molecule has 1 N–H and O–H groups in total. The van der Waals surface area contributed by atoms with E-state index >= 15 is 0 Å². The maximum absolute atomic E-state index is 12.6. The van der Waals surface area contributed by atoms with Crippen molar-refractivity contribution in [3.8, 4) is 11.3 Å². The van der Waals surface area contributed by atoms with Crippen molar-refractivity contribution in [2.24, 2.45) is 0 Å². The average Bonchev–Trinajstić information content (AvgIpc) is 3.20. The smallest absolute Gasteiger partial charge is 0.321 e. The molecule has 0 atom stereocenters. The third-order valence-corrected chi connectivity index (χ3v) is 5.37. The Bertz CT molecular complexity index is 955. The highest BCUT2D eigenvalue weighted by Crippen LogP contribution is 2.25. The summed E-state index contributed by atoms with van der Waals surface area (Å²) in [5.74, 6) is 0. The lowest BCUT2D eigenvalue weighted by Crippen LogP contribution is -2.41. The van der Waals surface area contributed by atoms with Gasteiger partial charge in [-0.15, -0.1) is 5.10 Å². The van der Waals surface area contributed by atoms with Crippen LogP contribution in [0.15, 0.2) is 54.7 Å². The Kier molecular flexibility index (Phi) is 5.10. The second kappa shape index (κ2) is 7.84. The molecule has 1 aliphatic rings. The number of hydrogen-bond acceptors (Lipinski definition) is 3. The first-order valence-corrected chi connectivity index (χ1v) is 9.70. The Balaban J connectivity index is 1.36. The van der Waals surface area contributed by atoms with E-state index in [0.717, 1.165) is 35.3 Å². The standard InChI is InChI=1S/C22H25N5O/c1-16-7-9-18(10-8-16)21-15-27(25-24-21)19-11-13-26(14-12-19)22(28)23-20-6-4-3-5-17(20)2/h3-10,15,19H,11-14H2,1-2H3,(H,23,28). The van der Waals surface area contributed by atoms with Gasteiger partial charge >= 0.3 is 6.03 Å². The number of para-hydroxylation sites is 1. The first-order chi connectivity index (χ1) is 13.6. The Morgan fingerprint density at radius 1 is 1.04 bits per heavy atom. The molecule has 28 heavy (non-hydrogen) atoms. The molecule has 2 heterocycles. The number of anilines is 1. The van der Waals surface area contributed by atoms with Crippen LogP contribution in [0.1, 0.15) is 30.0 Å². The second-order valence-electron chi connectivity index (χ2n) is 7.41. The van der Waals surface area contributed by atoms with Gasteiger partial charge in [0, 0.05) is 24.3 Å². The number of likely N-dealkylation sites (tertiary alicyclic amines) is 1. The summed E-state index contributed by atoms with van der Waals surface area (Å²) in [5, 5.41) is 11.7. The molecule has 6 heteroatoms. The quantitative estimate of drug-likeness (QED) is 0.736. The molecule has 0 spiro atoms. The molecule has 4 rings (SSSR count). The molecule has 6 nitrogen and oxygen atoms in total. The van der Waals surface area contributed by atoms with Gasteiger partial charge in [-0.3, -0.25) is 0 Å². The third kappa shape index (κ3) is 3.91. The number of hydrogen-bond donors (Lipinski definition) is 1. The van der Waals surface area contributed by atoms with Crippen LogP contribution in [0.25, 0.3) is 11.3 Å². The SMILES string of the molecule is Cc1ccc(-c2cn(C3CCN(C(=O)Nc4ccccc4C)CC3)nn2)cc1. The molecule has 1 aromatic heterocycles. The zero-order chi connectivity index (χ0) is 19.5. The van der Waals surface area contributed by atoms with E-state index in [9.17, 15) is 4.79 Å². The van der Waals surface area contributed by atoms with Crippen molar-refractivity contribution in [1.82, 2.24) is 19.9 Å². The van der Waals surface area contributed by atoms with Gasteiger partial charge in [-0.25, -0.2) is 9.48 Å². The minimum Gasteiger partial charge on any atom is -0.324 e. The van der Waals surface area contributed by atoms with E-state index < -0.39 is 0 Å². The second-order valence-corrected chi connectivity index (χ2v) is 7.41. The summed E-state index contributed by atoms with van der Waals surface area (Å²) < 4.78 is 1.95. The van der Waals surface area contributed by atoms with Crippen molar-refractivity contribution in [2.75, 3.05) is 18.4 Å². The number of benzene rings is 2. The lowest BCUT2D eigenvalue weighted by molar-refractivity contribution is 0.179. The minimum absolute atomic E-state index is 0.0355. The molecular formula is C22H25N5O. The Morgan fingerprint density at radius 2 is 1.75 bits per heavy atom. The topological polar surface area (TPSA) is 63.1 Å². The molecule has 2 amide bonds. The summed E-state index contributed by atoms with van der Waals surface area (Å²) in [6.45, 7) is 5.49. The first kappa shape index (κ1) is 18.2. The van der Waals surface area contributed by atoms with Gasteiger partial charge in [0.1, 0.15) is 5.69 Å². The number of carbonyl (C=O) groups is 1. The van der Waals surface area contributed by atoms with E-state index in [1.165, 1.54) is 5.56 Å². The van der Waals surface area contributed by atoms with Gasteiger partial charge in [-0.2, -0.15) is 0 Å². The van der Waals surface area contributed by atoms with Gasteiger partial charge in [-0.1, -0.05) is 53.2 Å². The Hall–Kier alpha value is -3.15. The van der Waals surface area contributed by atoms with Crippen LogP contribution in [0, 0.1) is 13.8 Å². The first-order valence-electron chi connectivity index (χ1n) is 9.70. The highest BCUT2D eigenvalue weighted by atomic mass is 16.2. The number of amides is 2. The predicted molar refractivity (Wildman–Crippen MR) is 110 cm³/mol. The van der Waals surface area contributed by atoms with Gasteiger partial charge < -0.3 is 10.2 Å². The van der Waals surface area contributed by atoms with Crippen LogP contribution < -0.4 is 5.32 Å². The fraction of sp³-hybridized carbons (Fsp3) is 0.318. The highest BCUT2D eigenvalue weighted by molar-refractivity contribution is 5.90. The Labute approximate surface area is 165 Å². The van der Waals surface area contributed by atoms with Gasteiger partial charge in [0.05, 0.1) is 12.2 Å². The van der Waals surface area contributed by atoms with Crippen molar-refractivity contribution in [3.05, 3.63) is 65.9 Å². The Morgan fingerprint density at radius 3 is 2.46 bits per heavy atom. The van der Waals surface area contributed by atoms with Crippen LogP contribution in [0.3, 0.4) is 0 Å². The van der Waals surface area contributed by atoms with E-state index in [2.05, 4.69) is 46.8 Å². The van der Waals surface area contributed by atoms with Crippen molar-refractivity contribution in [1.29, 1.82) is 0 Å². The van der Waals surface area contributed by atoms with Gasteiger partial charge in [0.15, 0.2) is 0 Å². The summed E-state index contributed by atoms with van der Waals surface area (Å²) >= 11 is 0. The number of piperidine rings is 1. The van der Waals surface area contributed by atoms with E-state index in [0.29, 0.717) is 13.1 Å². The van der Waals surface area contributed by atoms with Crippen molar-refractivity contribution < 1.29 is 4.79 Å². The normalized spacial score (nSPS) is 14.9. The number of nitrogens with one attached hydrogen (secondary N) is 1. The molecule has 0 saturated carbocycles. The highest BCUT2D eigenvalue weighted by Gasteiger charge is 2.25. The average molecular weight is 375 g/mol. The number of nitrogens with zero attached hydrogens (tertiary/aromatic N) is 4. The lowest BCUT2D eigenvalue weighted by atomic mass is 10.1. The van der Waals surface area contributed by atoms with Gasteiger partial charge in [0.2, 0.25) is 0 Å². The number of rotatable bonds is 3. The minimum atomic E-state index is -0.0355. The van der Waals surface area contributed by atoms with Crippen LogP contribution in [0.4, 0.5) is 10.5 Å². The summed E-state index contributed by atoms with van der Waals surface area (Å²) in [6, 6.07) is 16.4. The summed E-state index contributed by atoms with van der Waals surface area (Å²) in [6.07, 6.45) is 3.76. The summed E-state index contributed by atoms with van der Waals surface area (Å²) in [5.41, 5.74) is 5.13. The van der Waals surface area contributed by atoms with Crippen molar-refractivity contribution >= 4 is 11.7 Å². The largest absolute Gasteiger partial charge is 0.324 e. The molecule has 1 aliphatic heterocycles. The van der Waals surface area contributed by atoms with Crippen molar-refractivity contribution in [3.63, 3.8) is 0 Å². The predicted octanol–water partition coefficient (Wildman–Crippen LogP) is 4.43. The maximum Gasteiger partial charge on any atom is 0.321 e. The molecule has 0 unspecified atom stereocenters. The zero-order valence-corrected chi connectivity index (χ0v) is 16.3. The van der Waals surface area contributed by atoms with Crippen LogP contribution in [0.2, 0.25) is 0 Å². The molecule has 0 radical (unpaired) electrons. The van der Waals surface area contributed by atoms with E-state index in [1.54, 1.807) is 0 Å². The number of aryl methyl sites for hydroxylation is 2. The van der Waals surface area contributed by atoms with Crippen LogP contribution in [-0.2, 0) is 0 Å². The van der Waals surface area contributed by atoms with E-state index in [1.807, 2.05) is 47.0 Å². The number of aromatic nitrogens is 3. The van der Waals surface area contributed by atoms with Crippen LogP contribution >= 0.6 is 0 Å². The molecule has 1 fully saturated rings. The molecular weight excluding hydrogens is 350 g/mol. The molecule has 1 saturated heterocycles. The molecule has 0 aliphatic carbocycles. The zero-order valence-electron chi connectivity index (χ0n) is 16.3. The molecule has 2 aromatic carbocycles. The van der Waals surface area contributed by atoms with Gasteiger partial charge in [-0.05, 0) is 38.3 Å². The third-order valence-electron chi connectivity index (χ3n) is 5.37. The lowest BCUT2D eigenvalue weighted by Gasteiger charge is -2.32. The molecule has 3 aromatic rings. The van der Waals surface area contributed by atoms with Gasteiger partial charge in [0.25, 0.3) is 0 Å². The monoisotopic (exact) mass is 375 g/mol.